The predicted octanol–water partition coefficient (Wildman–Crippen LogP) is 5.09. The number of alkyl halides is 3. The zero-order valence-electron chi connectivity index (χ0n) is 15.4. The van der Waals surface area contributed by atoms with Crippen molar-refractivity contribution in [3.05, 3.63) is 12.3 Å². The van der Waals surface area contributed by atoms with Crippen LogP contribution in [0.3, 0.4) is 0 Å². The number of hydrogen-bond donors (Lipinski definition) is 1. The first-order valence-electron chi connectivity index (χ1n) is 8.15. The highest BCUT2D eigenvalue weighted by Crippen LogP contribution is 2.55. The molecule has 1 fully saturated rings. The molecule has 2 aliphatic heterocycles. The summed E-state index contributed by atoms with van der Waals surface area (Å²) in [5.74, 6) is -0.443. The SMILES string of the molecule is CC(C)(C)[Si]1(C(C)(C)C)OC[C@H]2OC=C[C@@H](OC(=N)C(Cl)(Cl)Cl)[C@H]2O1. The Morgan fingerprint density at radius 1 is 1.12 bits per heavy atom. The van der Waals surface area contributed by atoms with E-state index >= 15 is 0 Å². The Labute approximate surface area is 165 Å². The van der Waals surface area contributed by atoms with Crippen molar-refractivity contribution in [3.8, 4) is 0 Å². The van der Waals surface area contributed by atoms with Gasteiger partial charge in [0.05, 0.1) is 12.9 Å². The number of nitrogens with one attached hydrogen (secondary N) is 1. The van der Waals surface area contributed by atoms with Crippen molar-refractivity contribution in [1.82, 2.24) is 0 Å². The van der Waals surface area contributed by atoms with Crippen LogP contribution in [0.4, 0.5) is 0 Å². The minimum Gasteiger partial charge on any atom is -0.493 e. The summed E-state index contributed by atoms with van der Waals surface area (Å²) in [6.07, 6.45) is 1.86. The van der Waals surface area contributed by atoms with Gasteiger partial charge in [0.2, 0.25) is 5.90 Å². The fourth-order valence-corrected chi connectivity index (χ4v) is 8.64. The molecular weight excluding hydrogens is 405 g/mol. The minimum absolute atomic E-state index is 0.176. The Morgan fingerprint density at radius 3 is 2.16 bits per heavy atom. The second-order valence-corrected chi connectivity index (χ2v) is 15.5. The summed E-state index contributed by atoms with van der Waals surface area (Å²) >= 11 is 17.2. The molecule has 9 heteroatoms. The lowest BCUT2D eigenvalue weighted by Crippen LogP contribution is -2.67. The van der Waals surface area contributed by atoms with Crippen molar-refractivity contribution in [2.24, 2.45) is 0 Å². The van der Waals surface area contributed by atoms with Crippen LogP contribution in [0.1, 0.15) is 41.5 Å². The number of ether oxygens (including phenoxy) is 2. The molecule has 25 heavy (non-hydrogen) atoms. The number of rotatable bonds is 1. The average Bonchev–Trinajstić information content (AvgIpc) is 2.43. The van der Waals surface area contributed by atoms with Crippen LogP contribution in [0.25, 0.3) is 0 Å². The van der Waals surface area contributed by atoms with E-state index in [4.69, 9.17) is 58.5 Å². The number of halogens is 3. The van der Waals surface area contributed by atoms with Crippen LogP contribution in [-0.2, 0) is 18.3 Å². The fourth-order valence-electron chi connectivity index (χ4n) is 3.55. The number of hydrogen-bond acceptors (Lipinski definition) is 5. The molecular formula is C16H26Cl3NO4Si. The zero-order chi connectivity index (χ0) is 19.3. The molecule has 0 aliphatic carbocycles. The maximum Gasteiger partial charge on any atom is 0.349 e. The van der Waals surface area contributed by atoms with E-state index in [0.29, 0.717) is 6.61 Å². The summed E-state index contributed by atoms with van der Waals surface area (Å²) < 4.78 is 22.3. The summed E-state index contributed by atoms with van der Waals surface area (Å²) in [5, 5.41) is 7.51. The largest absolute Gasteiger partial charge is 0.493 e. The van der Waals surface area contributed by atoms with Gasteiger partial charge in [-0.25, -0.2) is 0 Å². The smallest absolute Gasteiger partial charge is 0.349 e. The van der Waals surface area contributed by atoms with Crippen molar-refractivity contribution in [2.45, 2.75) is 73.7 Å². The highest BCUT2D eigenvalue weighted by Gasteiger charge is 2.63. The van der Waals surface area contributed by atoms with E-state index in [9.17, 15) is 0 Å². The van der Waals surface area contributed by atoms with Crippen molar-refractivity contribution in [2.75, 3.05) is 6.61 Å². The van der Waals surface area contributed by atoms with Crippen molar-refractivity contribution in [1.29, 1.82) is 5.41 Å². The lowest BCUT2D eigenvalue weighted by Gasteiger charge is -2.55. The van der Waals surface area contributed by atoms with Gasteiger partial charge in [0.25, 0.3) is 3.79 Å². The lowest BCUT2D eigenvalue weighted by molar-refractivity contribution is -0.120. The Hall–Kier alpha value is 0.0169. The standard InChI is InChI=1S/C16H26Cl3NO4Si/c1-14(2,3)25(15(4,5)6)22-9-11-12(24-25)10(7-8-21-11)23-13(20)16(17,18)19/h7-8,10-12,20H,9H2,1-6H3/t10-,11-,12-/m1/s1. The second-order valence-electron chi connectivity index (χ2n) is 8.42. The summed E-state index contributed by atoms with van der Waals surface area (Å²) in [5.41, 5.74) is 0. The van der Waals surface area contributed by atoms with E-state index in [0.717, 1.165) is 0 Å². The molecule has 3 atom stereocenters. The molecule has 2 heterocycles. The lowest BCUT2D eigenvalue weighted by atomic mass is 10.1. The van der Waals surface area contributed by atoms with Crippen LogP contribution >= 0.6 is 34.8 Å². The third-order valence-electron chi connectivity index (χ3n) is 4.45. The Kier molecular flexibility index (Phi) is 5.86. The Bertz CT molecular complexity index is 537. The molecule has 0 bridgehead atoms. The van der Waals surface area contributed by atoms with E-state index in [2.05, 4.69) is 41.5 Å². The van der Waals surface area contributed by atoms with Crippen LogP contribution < -0.4 is 0 Å². The molecule has 0 aromatic carbocycles. The van der Waals surface area contributed by atoms with Gasteiger partial charge in [0.15, 0.2) is 6.10 Å². The summed E-state index contributed by atoms with van der Waals surface area (Å²) in [6, 6.07) is 0. The predicted molar refractivity (Wildman–Crippen MR) is 103 cm³/mol. The minimum atomic E-state index is -2.70. The van der Waals surface area contributed by atoms with Gasteiger partial charge >= 0.3 is 8.56 Å². The Morgan fingerprint density at radius 2 is 1.68 bits per heavy atom. The fraction of sp³-hybridized carbons (Fsp3) is 0.812. The molecule has 2 aliphatic rings. The summed E-state index contributed by atoms with van der Waals surface area (Å²) in [7, 11) is -2.70. The molecule has 144 valence electrons. The van der Waals surface area contributed by atoms with Gasteiger partial charge in [-0.15, -0.1) is 0 Å². The maximum atomic E-state index is 7.86. The summed E-state index contributed by atoms with van der Waals surface area (Å²) in [4.78, 5) is 0. The van der Waals surface area contributed by atoms with Crippen molar-refractivity contribution >= 4 is 49.3 Å². The molecule has 0 amide bonds. The van der Waals surface area contributed by atoms with Crippen LogP contribution in [-0.4, -0.2) is 43.2 Å². The van der Waals surface area contributed by atoms with Gasteiger partial charge in [-0.1, -0.05) is 76.3 Å². The van der Waals surface area contributed by atoms with Gasteiger partial charge in [0.1, 0.15) is 12.2 Å². The van der Waals surface area contributed by atoms with Gasteiger partial charge in [-0.2, -0.15) is 0 Å². The van der Waals surface area contributed by atoms with Crippen molar-refractivity contribution < 1.29 is 18.3 Å². The first-order valence-corrected chi connectivity index (χ1v) is 11.1. The van der Waals surface area contributed by atoms with Gasteiger partial charge < -0.3 is 18.3 Å². The van der Waals surface area contributed by atoms with Gasteiger partial charge in [0, 0.05) is 10.1 Å². The summed E-state index contributed by atoms with van der Waals surface area (Å²) in [6.45, 7) is 13.2. The third kappa shape index (κ3) is 4.14. The Balaban J connectivity index is 2.32. The molecule has 2 rings (SSSR count). The van der Waals surface area contributed by atoms with Crippen LogP contribution in [0.15, 0.2) is 12.3 Å². The third-order valence-corrected chi connectivity index (χ3v) is 10.1. The van der Waals surface area contributed by atoms with E-state index in [1.165, 1.54) is 6.26 Å². The molecule has 0 aromatic heterocycles. The van der Waals surface area contributed by atoms with Gasteiger partial charge in [-0.3, -0.25) is 5.41 Å². The highest BCUT2D eigenvalue weighted by atomic mass is 35.6. The van der Waals surface area contributed by atoms with E-state index in [1.54, 1.807) is 6.08 Å². The first kappa shape index (κ1) is 21.3. The van der Waals surface area contributed by atoms with Crippen LogP contribution in [0.5, 0.6) is 0 Å². The maximum absolute atomic E-state index is 7.86. The molecule has 1 N–H and O–H groups in total. The van der Waals surface area contributed by atoms with E-state index < -0.39 is 30.5 Å². The molecule has 0 spiro atoms. The highest BCUT2D eigenvalue weighted by molar-refractivity contribution is 6.76. The molecule has 0 aromatic rings. The van der Waals surface area contributed by atoms with E-state index in [1.807, 2.05) is 0 Å². The van der Waals surface area contributed by atoms with Crippen LogP contribution in [0, 0.1) is 5.41 Å². The molecule has 0 unspecified atom stereocenters. The van der Waals surface area contributed by atoms with E-state index in [-0.39, 0.29) is 16.2 Å². The second kappa shape index (κ2) is 6.88. The number of fused-ring (bicyclic) bond motifs is 1. The normalized spacial score (nSPS) is 29.6. The molecule has 0 radical (unpaired) electrons. The van der Waals surface area contributed by atoms with Crippen LogP contribution in [0.2, 0.25) is 10.1 Å². The zero-order valence-corrected chi connectivity index (χ0v) is 18.6. The topological polar surface area (TPSA) is 60.8 Å². The monoisotopic (exact) mass is 429 g/mol. The van der Waals surface area contributed by atoms with Gasteiger partial charge in [-0.05, 0) is 6.08 Å². The quantitative estimate of drug-likeness (QED) is 0.272. The molecule has 5 nitrogen and oxygen atoms in total. The van der Waals surface area contributed by atoms with Crippen molar-refractivity contribution in [3.63, 3.8) is 0 Å². The average molecular weight is 431 g/mol. The molecule has 1 saturated heterocycles. The molecule has 0 saturated carbocycles. The first-order chi connectivity index (χ1) is 11.2.